The van der Waals surface area contributed by atoms with E-state index in [1.54, 1.807) is 0 Å². The van der Waals surface area contributed by atoms with Crippen LogP contribution < -0.4 is 0 Å². The molecule has 3 aliphatic rings. The molecule has 1 saturated heterocycles. The van der Waals surface area contributed by atoms with Gasteiger partial charge in [-0.25, -0.2) is 0 Å². The van der Waals surface area contributed by atoms with Crippen LogP contribution >= 0.6 is 11.6 Å². The van der Waals surface area contributed by atoms with Gasteiger partial charge in [-0.1, -0.05) is 30.2 Å². The van der Waals surface area contributed by atoms with E-state index in [9.17, 15) is 4.79 Å². The first-order chi connectivity index (χ1) is 10.2. The summed E-state index contributed by atoms with van der Waals surface area (Å²) in [4.78, 5) is 14.8. The van der Waals surface area contributed by atoms with Gasteiger partial charge in [0.25, 0.3) is 0 Å². The fourth-order valence-electron chi connectivity index (χ4n) is 4.86. The largest absolute Gasteiger partial charge is 0.316 e. The average molecular weight is 302 g/mol. The topological polar surface area (TPSA) is 20.3 Å². The highest BCUT2D eigenvalue weighted by atomic mass is 35.5. The fraction of sp³-hybridized carbons (Fsp3) is 0.500. The van der Waals surface area contributed by atoms with Crippen LogP contribution in [0.5, 0.6) is 0 Å². The molecule has 4 unspecified atom stereocenters. The summed E-state index contributed by atoms with van der Waals surface area (Å²) < 4.78 is 0. The Morgan fingerprint density at radius 1 is 1.29 bits per heavy atom. The number of carbonyl (C=O) groups excluding carboxylic acids is 1. The van der Waals surface area contributed by atoms with Crippen molar-refractivity contribution in [3.8, 4) is 0 Å². The van der Waals surface area contributed by atoms with Gasteiger partial charge in [0.2, 0.25) is 5.91 Å². The Morgan fingerprint density at radius 2 is 2.14 bits per heavy atom. The maximum Gasteiger partial charge on any atom is 0.230 e. The molecule has 2 fully saturated rings. The molecule has 110 valence electrons. The number of allylic oxidation sites excluding steroid dienone is 1. The molecule has 4 rings (SSSR count). The molecule has 1 amide bonds. The van der Waals surface area contributed by atoms with Crippen LogP contribution in [-0.4, -0.2) is 16.8 Å². The second kappa shape index (κ2) is 4.88. The lowest BCUT2D eigenvalue weighted by Gasteiger charge is -2.41. The summed E-state index contributed by atoms with van der Waals surface area (Å²) in [6.45, 7) is 1.99. The number of halogens is 1. The monoisotopic (exact) mass is 301 g/mol. The average Bonchev–Trinajstić information content (AvgIpc) is 2.76. The first-order valence-corrected chi connectivity index (χ1v) is 8.32. The van der Waals surface area contributed by atoms with Gasteiger partial charge in [0.1, 0.15) is 0 Å². The molecular weight excluding hydrogens is 282 g/mol. The zero-order valence-corrected chi connectivity index (χ0v) is 13.0. The smallest absolute Gasteiger partial charge is 0.230 e. The number of carbonyl (C=O) groups is 1. The number of rotatable bonds is 1. The number of amides is 1. The lowest BCUT2D eigenvalue weighted by Crippen LogP contribution is -2.38. The van der Waals surface area contributed by atoms with Crippen LogP contribution in [0.25, 0.3) is 0 Å². The zero-order chi connectivity index (χ0) is 14.6. The van der Waals surface area contributed by atoms with E-state index in [4.69, 9.17) is 11.6 Å². The first kappa shape index (κ1) is 13.4. The lowest BCUT2D eigenvalue weighted by atomic mass is 9.63. The normalized spacial score (nSPS) is 34.2. The number of likely N-dealkylation sites (tertiary alicyclic amines) is 1. The van der Waals surface area contributed by atoms with Crippen LogP contribution in [0, 0.1) is 11.8 Å². The molecule has 1 aromatic carbocycles. The van der Waals surface area contributed by atoms with Gasteiger partial charge in [0, 0.05) is 23.2 Å². The van der Waals surface area contributed by atoms with Crippen LogP contribution in [-0.2, 0) is 11.2 Å². The highest BCUT2D eigenvalue weighted by molar-refractivity contribution is 6.30. The number of fused-ring (bicyclic) bond motifs is 2. The molecule has 2 aliphatic carbocycles. The van der Waals surface area contributed by atoms with Crippen molar-refractivity contribution >= 4 is 17.5 Å². The minimum absolute atomic E-state index is 0.171. The molecule has 3 heteroatoms. The van der Waals surface area contributed by atoms with E-state index in [1.807, 2.05) is 30.2 Å². The molecule has 0 N–H and O–H groups in total. The third-order valence-corrected chi connectivity index (χ3v) is 5.81. The van der Waals surface area contributed by atoms with E-state index in [1.165, 1.54) is 24.0 Å². The summed E-state index contributed by atoms with van der Waals surface area (Å²) >= 11 is 6.21. The molecule has 1 aliphatic heterocycles. The maximum atomic E-state index is 12.8. The van der Waals surface area contributed by atoms with Crippen LogP contribution in [0.15, 0.2) is 30.5 Å². The van der Waals surface area contributed by atoms with Gasteiger partial charge in [-0.2, -0.15) is 0 Å². The molecule has 1 saturated carbocycles. The summed E-state index contributed by atoms with van der Waals surface area (Å²) in [5.74, 6) is 1.49. The van der Waals surface area contributed by atoms with Gasteiger partial charge >= 0.3 is 0 Å². The second-order valence-corrected chi connectivity index (χ2v) is 7.00. The Bertz CT molecular complexity index is 624. The fourth-order valence-corrected chi connectivity index (χ4v) is 5.04. The summed E-state index contributed by atoms with van der Waals surface area (Å²) in [5, 5.41) is 0.823. The van der Waals surface area contributed by atoms with Crippen molar-refractivity contribution in [1.82, 2.24) is 4.90 Å². The standard InChI is InChI=1S/C18H20ClNO/c1-2-8-20-16-5-3-4-13-14-10-12(19)7-6-11(14)9-15(17(13)16)18(20)21/h2,6-8,10,13,15-17H,3-5,9H2,1H3/b8-2+. The molecule has 0 radical (unpaired) electrons. The Balaban J connectivity index is 1.81. The Morgan fingerprint density at radius 3 is 2.95 bits per heavy atom. The molecule has 0 spiro atoms. The van der Waals surface area contributed by atoms with Gasteiger partial charge in [-0.05, 0) is 61.3 Å². The predicted octanol–water partition coefficient (Wildman–Crippen LogP) is 4.14. The van der Waals surface area contributed by atoms with Gasteiger partial charge in [0.15, 0.2) is 0 Å². The second-order valence-electron chi connectivity index (χ2n) is 6.56. The quantitative estimate of drug-likeness (QED) is 0.763. The number of benzene rings is 1. The van der Waals surface area contributed by atoms with Crippen LogP contribution in [0.4, 0.5) is 0 Å². The van der Waals surface area contributed by atoms with Gasteiger partial charge in [0.05, 0.1) is 0 Å². The molecule has 1 heterocycles. The van der Waals surface area contributed by atoms with Crippen molar-refractivity contribution in [1.29, 1.82) is 0 Å². The van der Waals surface area contributed by atoms with Crippen molar-refractivity contribution < 1.29 is 4.79 Å². The van der Waals surface area contributed by atoms with E-state index in [-0.39, 0.29) is 5.92 Å². The molecule has 1 aromatic rings. The number of hydrogen-bond acceptors (Lipinski definition) is 1. The zero-order valence-electron chi connectivity index (χ0n) is 12.3. The Kier molecular flexibility index (Phi) is 3.11. The molecule has 4 atom stereocenters. The van der Waals surface area contributed by atoms with Crippen molar-refractivity contribution in [2.24, 2.45) is 11.8 Å². The SMILES string of the molecule is C/C=C/N1C(=O)C2Cc3ccc(Cl)cc3C3CCCC1C23. The van der Waals surface area contributed by atoms with E-state index in [0.717, 1.165) is 17.9 Å². The number of hydrogen-bond donors (Lipinski definition) is 0. The van der Waals surface area contributed by atoms with Crippen LogP contribution in [0.3, 0.4) is 0 Å². The molecule has 0 aromatic heterocycles. The molecule has 0 bridgehead atoms. The molecule has 2 nitrogen and oxygen atoms in total. The highest BCUT2D eigenvalue weighted by Gasteiger charge is 2.54. The van der Waals surface area contributed by atoms with E-state index in [2.05, 4.69) is 12.1 Å². The summed E-state index contributed by atoms with van der Waals surface area (Å²) in [6.07, 6.45) is 8.41. The molecule has 21 heavy (non-hydrogen) atoms. The summed E-state index contributed by atoms with van der Waals surface area (Å²) in [5.41, 5.74) is 2.74. The first-order valence-electron chi connectivity index (χ1n) is 7.94. The van der Waals surface area contributed by atoms with Gasteiger partial charge < -0.3 is 4.90 Å². The summed E-state index contributed by atoms with van der Waals surface area (Å²) in [7, 11) is 0. The van der Waals surface area contributed by atoms with Crippen molar-refractivity contribution in [2.45, 2.75) is 44.6 Å². The van der Waals surface area contributed by atoms with E-state index in [0.29, 0.717) is 23.8 Å². The van der Waals surface area contributed by atoms with Crippen molar-refractivity contribution in [3.63, 3.8) is 0 Å². The number of nitrogens with zero attached hydrogens (tertiary/aromatic N) is 1. The van der Waals surface area contributed by atoms with Crippen molar-refractivity contribution in [2.75, 3.05) is 0 Å². The third-order valence-electron chi connectivity index (χ3n) is 5.57. The molecular formula is C18H20ClNO. The highest BCUT2D eigenvalue weighted by Crippen LogP contribution is 2.53. The Labute approximate surface area is 130 Å². The minimum atomic E-state index is 0.171. The predicted molar refractivity (Wildman–Crippen MR) is 84.2 cm³/mol. The Hall–Kier alpha value is -1.28. The van der Waals surface area contributed by atoms with Crippen molar-refractivity contribution in [3.05, 3.63) is 46.6 Å². The third kappa shape index (κ3) is 1.88. The lowest BCUT2D eigenvalue weighted by molar-refractivity contribution is -0.129. The van der Waals surface area contributed by atoms with Gasteiger partial charge in [-0.15, -0.1) is 0 Å². The van der Waals surface area contributed by atoms with Crippen LogP contribution in [0.2, 0.25) is 5.02 Å². The van der Waals surface area contributed by atoms with Gasteiger partial charge in [-0.3, -0.25) is 4.79 Å². The van der Waals surface area contributed by atoms with E-state index >= 15 is 0 Å². The van der Waals surface area contributed by atoms with E-state index < -0.39 is 0 Å². The minimum Gasteiger partial charge on any atom is -0.316 e. The maximum absolute atomic E-state index is 12.8. The summed E-state index contributed by atoms with van der Waals surface area (Å²) in [6, 6.07) is 6.63. The van der Waals surface area contributed by atoms with Crippen LogP contribution in [0.1, 0.15) is 43.2 Å².